The number of carbonyl (C=O) groups is 3. The van der Waals surface area contributed by atoms with Gasteiger partial charge in [-0.2, -0.15) is 0 Å². The van der Waals surface area contributed by atoms with E-state index in [4.69, 9.17) is 14.2 Å². The minimum absolute atomic E-state index is 0.326. The SMILES string of the molecule is CCOc1ccc(OCC)c(NC(=O)COC(=O)CNC(=O)c2ccc(C)s2)c1. The molecule has 0 radical (unpaired) electrons. The van der Waals surface area contributed by atoms with Crippen molar-refractivity contribution in [1.82, 2.24) is 5.32 Å². The van der Waals surface area contributed by atoms with Gasteiger partial charge in [-0.1, -0.05) is 0 Å². The number of amides is 2. The van der Waals surface area contributed by atoms with Crippen LogP contribution in [0.2, 0.25) is 0 Å². The van der Waals surface area contributed by atoms with Crippen LogP contribution >= 0.6 is 11.3 Å². The van der Waals surface area contributed by atoms with Crippen molar-refractivity contribution in [2.45, 2.75) is 20.8 Å². The Labute approximate surface area is 173 Å². The number of carbonyl (C=O) groups excluding carboxylic acids is 3. The fourth-order valence-electron chi connectivity index (χ4n) is 2.32. The Hall–Kier alpha value is -3.07. The molecule has 0 atom stereocenters. The molecule has 2 rings (SSSR count). The maximum atomic E-state index is 12.1. The van der Waals surface area contributed by atoms with E-state index in [2.05, 4.69) is 10.6 Å². The second-order valence-corrected chi connectivity index (χ2v) is 7.11. The second-order valence-electron chi connectivity index (χ2n) is 5.83. The second kappa shape index (κ2) is 11.1. The number of aryl methyl sites for hydroxylation is 1. The van der Waals surface area contributed by atoms with Crippen molar-refractivity contribution in [2.75, 3.05) is 31.7 Å². The quantitative estimate of drug-likeness (QED) is 0.573. The van der Waals surface area contributed by atoms with Gasteiger partial charge < -0.3 is 24.8 Å². The molecule has 1 aromatic heterocycles. The van der Waals surface area contributed by atoms with E-state index < -0.39 is 18.5 Å². The Morgan fingerprint density at radius 1 is 1.03 bits per heavy atom. The molecule has 0 aliphatic rings. The van der Waals surface area contributed by atoms with Crippen LogP contribution in [-0.2, 0) is 14.3 Å². The molecule has 0 aliphatic carbocycles. The Bertz CT molecular complexity index is 864. The van der Waals surface area contributed by atoms with Crippen molar-refractivity contribution >= 4 is 34.8 Å². The molecular weight excluding hydrogens is 396 g/mol. The Morgan fingerprint density at radius 2 is 1.79 bits per heavy atom. The van der Waals surface area contributed by atoms with Gasteiger partial charge in [-0.3, -0.25) is 14.4 Å². The van der Waals surface area contributed by atoms with E-state index in [-0.39, 0.29) is 12.5 Å². The van der Waals surface area contributed by atoms with Crippen LogP contribution in [0.15, 0.2) is 30.3 Å². The molecular formula is C20H24N2O6S. The molecule has 2 aromatic rings. The van der Waals surface area contributed by atoms with Crippen LogP contribution in [0, 0.1) is 6.92 Å². The minimum Gasteiger partial charge on any atom is -0.494 e. The third kappa shape index (κ3) is 7.11. The van der Waals surface area contributed by atoms with Gasteiger partial charge in [0, 0.05) is 10.9 Å². The minimum atomic E-state index is -0.713. The van der Waals surface area contributed by atoms with Crippen molar-refractivity contribution in [2.24, 2.45) is 0 Å². The van der Waals surface area contributed by atoms with E-state index in [1.54, 1.807) is 24.3 Å². The van der Waals surface area contributed by atoms with Crippen molar-refractivity contribution in [3.05, 3.63) is 40.1 Å². The lowest BCUT2D eigenvalue weighted by Gasteiger charge is -2.13. The van der Waals surface area contributed by atoms with Gasteiger partial charge >= 0.3 is 5.97 Å². The highest BCUT2D eigenvalue weighted by molar-refractivity contribution is 7.13. The summed E-state index contributed by atoms with van der Waals surface area (Å²) in [7, 11) is 0. The van der Waals surface area contributed by atoms with Crippen LogP contribution in [0.5, 0.6) is 11.5 Å². The lowest BCUT2D eigenvalue weighted by atomic mass is 10.2. The smallest absolute Gasteiger partial charge is 0.325 e. The van der Waals surface area contributed by atoms with Crippen LogP contribution in [0.4, 0.5) is 5.69 Å². The average Bonchev–Trinajstić information content (AvgIpc) is 3.13. The number of ether oxygens (including phenoxy) is 3. The van der Waals surface area contributed by atoms with E-state index in [1.807, 2.05) is 26.8 Å². The van der Waals surface area contributed by atoms with E-state index in [1.165, 1.54) is 11.3 Å². The first-order chi connectivity index (χ1) is 13.9. The lowest BCUT2D eigenvalue weighted by molar-refractivity contribution is -0.146. The Morgan fingerprint density at radius 3 is 2.45 bits per heavy atom. The first kappa shape index (κ1) is 22.2. The molecule has 2 amide bonds. The molecule has 0 saturated heterocycles. The summed E-state index contributed by atoms with van der Waals surface area (Å²) in [5, 5.41) is 5.10. The molecule has 29 heavy (non-hydrogen) atoms. The molecule has 0 saturated carbocycles. The van der Waals surface area contributed by atoms with Crippen molar-refractivity contribution < 1.29 is 28.6 Å². The van der Waals surface area contributed by atoms with Gasteiger partial charge in [0.05, 0.1) is 23.8 Å². The van der Waals surface area contributed by atoms with Crippen LogP contribution in [0.3, 0.4) is 0 Å². The standard InChI is InChI=1S/C20H24N2O6S/c1-4-26-14-7-8-16(27-5-2)15(10-14)22-18(23)12-28-19(24)11-21-20(25)17-9-6-13(3)29-17/h6-10H,4-5,11-12H2,1-3H3,(H,21,25)(H,22,23). The number of benzene rings is 1. The fraction of sp³-hybridized carbons (Fsp3) is 0.350. The summed E-state index contributed by atoms with van der Waals surface area (Å²) in [5.41, 5.74) is 0.417. The third-order valence-corrected chi connectivity index (χ3v) is 4.56. The zero-order valence-electron chi connectivity index (χ0n) is 16.6. The predicted octanol–water partition coefficient (Wildman–Crippen LogP) is 2.77. The molecule has 1 aromatic carbocycles. The van der Waals surface area contributed by atoms with E-state index in [0.29, 0.717) is 35.3 Å². The fourth-order valence-corrected chi connectivity index (χ4v) is 3.11. The average molecular weight is 420 g/mol. The van der Waals surface area contributed by atoms with Gasteiger partial charge in [0.15, 0.2) is 6.61 Å². The summed E-state index contributed by atoms with van der Waals surface area (Å²) < 4.78 is 15.8. The maximum absolute atomic E-state index is 12.1. The number of esters is 1. The molecule has 156 valence electrons. The van der Waals surface area contributed by atoms with Crippen LogP contribution in [0.25, 0.3) is 0 Å². The zero-order chi connectivity index (χ0) is 21.2. The van der Waals surface area contributed by atoms with Crippen LogP contribution < -0.4 is 20.1 Å². The largest absolute Gasteiger partial charge is 0.494 e. The lowest BCUT2D eigenvalue weighted by Crippen LogP contribution is -2.31. The van der Waals surface area contributed by atoms with Gasteiger partial charge in [0.1, 0.15) is 18.0 Å². The number of hydrogen-bond acceptors (Lipinski definition) is 7. The molecule has 0 fully saturated rings. The zero-order valence-corrected chi connectivity index (χ0v) is 17.4. The number of rotatable bonds is 10. The number of thiophene rings is 1. The van der Waals surface area contributed by atoms with Gasteiger partial charge in [-0.05, 0) is 45.0 Å². The summed E-state index contributed by atoms with van der Waals surface area (Å²) in [4.78, 5) is 37.3. The highest BCUT2D eigenvalue weighted by Gasteiger charge is 2.14. The Balaban J connectivity index is 1.83. The number of nitrogens with one attached hydrogen (secondary N) is 2. The molecule has 0 unspecified atom stereocenters. The van der Waals surface area contributed by atoms with Gasteiger partial charge in [-0.15, -0.1) is 11.3 Å². The molecule has 1 heterocycles. The molecule has 2 N–H and O–H groups in total. The van der Waals surface area contributed by atoms with Crippen LogP contribution in [0.1, 0.15) is 28.4 Å². The molecule has 9 heteroatoms. The molecule has 0 spiro atoms. The van der Waals surface area contributed by atoms with Crippen molar-refractivity contribution in [1.29, 1.82) is 0 Å². The summed E-state index contributed by atoms with van der Waals surface area (Å²) >= 11 is 1.33. The molecule has 0 aliphatic heterocycles. The molecule has 0 bridgehead atoms. The highest BCUT2D eigenvalue weighted by atomic mass is 32.1. The summed E-state index contributed by atoms with van der Waals surface area (Å²) in [6.45, 7) is 5.66. The topological polar surface area (TPSA) is 103 Å². The highest BCUT2D eigenvalue weighted by Crippen LogP contribution is 2.29. The van der Waals surface area contributed by atoms with E-state index in [9.17, 15) is 14.4 Å². The maximum Gasteiger partial charge on any atom is 0.325 e. The van der Waals surface area contributed by atoms with E-state index >= 15 is 0 Å². The first-order valence-corrected chi connectivity index (χ1v) is 9.94. The van der Waals surface area contributed by atoms with Gasteiger partial charge in [0.25, 0.3) is 11.8 Å². The normalized spacial score (nSPS) is 10.2. The first-order valence-electron chi connectivity index (χ1n) is 9.12. The van der Waals surface area contributed by atoms with Gasteiger partial charge in [0.2, 0.25) is 0 Å². The van der Waals surface area contributed by atoms with Crippen molar-refractivity contribution in [3.63, 3.8) is 0 Å². The molecule has 8 nitrogen and oxygen atoms in total. The Kier molecular flexibility index (Phi) is 8.47. The predicted molar refractivity (Wildman–Crippen MR) is 110 cm³/mol. The summed E-state index contributed by atoms with van der Waals surface area (Å²) in [6.07, 6.45) is 0. The third-order valence-electron chi connectivity index (χ3n) is 3.56. The summed E-state index contributed by atoms with van der Waals surface area (Å²) in [5.74, 6) is -0.550. The van der Waals surface area contributed by atoms with Crippen LogP contribution in [-0.4, -0.2) is 44.1 Å². The monoisotopic (exact) mass is 420 g/mol. The number of anilines is 1. The van der Waals surface area contributed by atoms with E-state index in [0.717, 1.165) is 4.88 Å². The van der Waals surface area contributed by atoms with Crippen molar-refractivity contribution in [3.8, 4) is 11.5 Å². The number of hydrogen-bond donors (Lipinski definition) is 2. The van der Waals surface area contributed by atoms with Gasteiger partial charge in [-0.25, -0.2) is 0 Å². The summed E-state index contributed by atoms with van der Waals surface area (Å²) in [6, 6.07) is 8.57.